The number of nitrogens with zero attached hydrogens (tertiary/aromatic N) is 2. The highest BCUT2D eigenvalue weighted by Crippen LogP contribution is 2.75. The predicted octanol–water partition coefficient (Wildman–Crippen LogP) is 5.57. The van der Waals surface area contributed by atoms with Gasteiger partial charge < -0.3 is 25.6 Å². The van der Waals surface area contributed by atoms with Crippen molar-refractivity contribution in [3.8, 4) is 0 Å². The molecule has 5 aliphatic carbocycles. The first kappa shape index (κ1) is 43.1. The molecular weight excluding hydrogens is 722 g/mol. The van der Waals surface area contributed by atoms with Gasteiger partial charge in [-0.15, -0.1) is 0 Å². The SMILES string of the molecule is COC(=O)CCC(=O)O[C@H]1CC[C@]2(C)[C@H]3C(=O)C=C4[C@@H]5C[C@@](C)(C(=O)N(C(CCCNC(=N)N)C(=O)O)[N+](=O)[O-])CC[C@]5(C)CC[C@@]4(C)[C@]3(C)CC[C@H]2C1(C)C. The van der Waals surface area contributed by atoms with Crippen molar-refractivity contribution in [2.45, 2.75) is 144 Å². The number of carbonyl (C=O) groups is 5. The fourth-order valence-corrected chi connectivity index (χ4v) is 12.6. The Morgan fingerprint density at radius 3 is 2.27 bits per heavy atom. The number of guanidine groups is 1. The molecule has 0 heterocycles. The minimum Gasteiger partial charge on any atom is -0.480 e. The summed E-state index contributed by atoms with van der Waals surface area (Å²) in [6.07, 6.45) is 7.16. The summed E-state index contributed by atoms with van der Waals surface area (Å²) in [5.74, 6) is -3.89. The van der Waals surface area contributed by atoms with Gasteiger partial charge in [0.1, 0.15) is 6.10 Å². The zero-order chi connectivity index (χ0) is 41.8. The molecule has 4 saturated carbocycles. The molecule has 312 valence electrons. The molecule has 0 saturated heterocycles. The van der Waals surface area contributed by atoms with Crippen LogP contribution < -0.4 is 11.1 Å². The van der Waals surface area contributed by atoms with E-state index in [1.54, 1.807) is 6.92 Å². The van der Waals surface area contributed by atoms with Crippen LogP contribution in [0.1, 0.15) is 132 Å². The maximum Gasteiger partial charge on any atom is 0.332 e. The van der Waals surface area contributed by atoms with Crippen molar-refractivity contribution < 1.29 is 43.6 Å². The molecule has 0 aromatic heterocycles. The zero-order valence-electron chi connectivity index (χ0n) is 34.5. The number of hydrogen-bond acceptors (Lipinski definition) is 10. The Kier molecular flexibility index (Phi) is 11.6. The maximum absolute atomic E-state index is 14.9. The van der Waals surface area contributed by atoms with Crippen molar-refractivity contribution >= 4 is 35.6 Å². The van der Waals surface area contributed by atoms with Crippen LogP contribution in [0.3, 0.4) is 0 Å². The van der Waals surface area contributed by atoms with E-state index >= 15 is 0 Å². The number of aliphatic carboxylic acids is 1. The number of esters is 2. The van der Waals surface area contributed by atoms with Crippen molar-refractivity contribution in [1.82, 2.24) is 10.3 Å². The number of fused-ring (bicyclic) bond motifs is 7. The Morgan fingerprint density at radius 2 is 1.66 bits per heavy atom. The van der Waals surface area contributed by atoms with Crippen LogP contribution in [0.5, 0.6) is 0 Å². The molecule has 0 radical (unpaired) electrons. The predicted molar refractivity (Wildman–Crippen MR) is 205 cm³/mol. The van der Waals surface area contributed by atoms with Crippen LogP contribution in [0.2, 0.25) is 0 Å². The molecule has 0 aliphatic heterocycles. The van der Waals surface area contributed by atoms with Crippen LogP contribution in [0.4, 0.5) is 0 Å². The molecule has 1 amide bonds. The van der Waals surface area contributed by atoms with E-state index in [1.165, 1.54) is 7.11 Å². The van der Waals surface area contributed by atoms with Crippen molar-refractivity contribution in [3.63, 3.8) is 0 Å². The topological polar surface area (TPSA) is 232 Å². The van der Waals surface area contributed by atoms with Crippen LogP contribution in [-0.4, -0.2) is 76.5 Å². The Bertz CT molecular complexity index is 1700. The molecule has 1 unspecified atom stereocenters. The quantitative estimate of drug-likeness (QED) is 0.0475. The van der Waals surface area contributed by atoms with Gasteiger partial charge in [0.05, 0.1) is 25.4 Å². The number of amides is 1. The number of carboxylic acids is 1. The number of allylic oxidation sites excluding steroid dienone is 2. The molecule has 10 atom stereocenters. The first-order chi connectivity index (χ1) is 25.9. The smallest absolute Gasteiger partial charge is 0.332 e. The highest BCUT2D eigenvalue weighted by atomic mass is 16.7. The summed E-state index contributed by atoms with van der Waals surface area (Å²) in [6.45, 7) is 15.1. The first-order valence-corrected chi connectivity index (χ1v) is 20.2. The number of ketones is 1. The third-order valence-electron chi connectivity index (χ3n) is 16.0. The number of carbonyl (C=O) groups excluding carboxylic acids is 4. The lowest BCUT2D eigenvalue weighted by Gasteiger charge is -2.70. The van der Waals surface area contributed by atoms with E-state index in [-0.39, 0.29) is 85.1 Å². The van der Waals surface area contributed by atoms with Gasteiger partial charge in [0.15, 0.2) is 22.8 Å². The lowest BCUT2D eigenvalue weighted by Crippen LogP contribution is -2.67. The monoisotopic (exact) mass is 785 g/mol. The molecule has 0 bridgehead atoms. The van der Waals surface area contributed by atoms with Gasteiger partial charge >= 0.3 is 17.9 Å². The largest absolute Gasteiger partial charge is 0.480 e. The second kappa shape index (κ2) is 15.0. The molecule has 0 spiro atoms. The van der Waals surface area contributed by atoms with Crippen molar-refractivity contribution in [2.24, 2.45) is 56.0 Å². The first-order valence-electron chi connectivity index (χ1n) is 20.2. The highest BCUT2D eigenvalue weighted by Gasteiger charge is 2.71. The number of hydrogen-bond donors (Lipinski definition) is 4. The zero-order valence-corrected chi connectivity index (χ0v) is 34.5. The Labute approximate surface area is 329 Å². The summed E-state index contributed by atoms with van der Waals surface area (Å²) >= 11 is 0. The second-order valence-corrected chi connectivity index (χ2v) is 19.4. The number of nitrogens with one attached hydrogen (secondary N) is 2. The Balaban J connectivity index is 1.44. The van der Waals surface area contributed by atoms with E-state index in [2.05, 4.69) is 51.6 Å². The molecular formula is C41H63N5O10. The van der Waals surface area contributed by atoms with Gasteiger partial charge in [0.2, 0.25) is 0 Å². The normalized spacial score (nSPS) is 37.5. The average Bonchev–Trinajstić information content (AvgIpc) is 3.10. The van der Waals surface area contributed by atoms with Gasteiger partial charge in [0.25, 0.3) is 5.91 Å². The molecule has 5 N–H and O–H groups in total. The van der Waals surface area contributed by atoms with E-state index in [0.29, 0.717) is 30.7 Å². The van der Waals surface area contributed by atoms with Crippen molar-refractivity contribution in [2.75, 3.05) is 13.7 Å². The maximum atomic E-state index is 14.9. The van der Waals surface area contributed by atoms with Crippen LogP contribution in [0, 0.1) is 65.8 Å². The number of carboxylic acid groups (broad SMARTS) is 1. The molecule has 5 aliphatic rings. The summed E-state index contributed by atoms with van der Waals surface area (Å²) in [5, 5.41) is 31.9. The lowest BCUT2D eigenvalue weighted by molar-refractivity contribution is -0.642. The summed E-state index contributed by atoms with van der Waals surface area (Å²) in [4.78, 5) is 78.6. The van der Waals surface area contributed by atoms with Gasteiger partial charge in [-0.25, -0.2) is 14.9 Å². The van der Waals surface area contributed by atoms with Crippen LogP contribution in [-0.2, 0) is 33.4 Å². The molecule has 0 aromatic rings. The van der Waals surface area contributed by atoms with E-state index < -0.39 is 56.5 Å². The third-order valence-corrected chi connectivity index (χ3v) is 16.0. The van der Waals surface area contributed by atoms with E-state index in [0.717, 1.165) is 31.3 Å². The van der Waals surface area contributed by atoms with Gasteiger partial charge in [-0.05, 0) is 115 Å². The number of rotatable bonds is 12. The molecule has 0 aromatic carbocycles. The van der Waals surface area contributed by atoms with Crippen LogP contribution in [0.15, 0.2) is 11.6 Å². The minimum atomic E-state index is -1.71. The van der Waals surface area contributed by atoms with Crippen LogP contribution >= 0.6 is 0 Å². The standard InChI is InChI=1S/C41H63N5O10/c1-36(2)28-13-16-41(7)32(39(28,5)15-14-29(36)56-31(49)12-11-30(48)55-8)27(47)22-24-25-23-38(4,18-17-37(25,3)19-20-40(24,41)6)34(52)45(46(53)54)26(33(50)51)10-9-21-44-35(42)43/h22,25-26,28-29,32H,9-21,23H2,1-8H3,(H,50,51)(H4,42,43,44)/t25-,26?,28-,29-,32+,37+,38-,39-,40+,41+/m0/s1. The van der Waals surface area contributed by atoms with E-state index in [9.17, 15) is 39.2 Å². The van der Waals surface area contributed by atoms with Gasteiger partial charge in [-0.3, -0.25) is 24.6 Å². The second-order valence-electron chi connectivity index (χ2n) is 19.4. The average molecular weight is 786 g/mol. The minimum absolute atomic E-state index is 0.0445. The van der Waals surface area contributed by atoms with E-state index in [1.807, 2.05) is 6.08 Å². The fourth-order valence-electron chi connectivity index (χ4n) is 12.6. The molecule has 56 heavy (non-hydrogen) atoms. The lowest BCUT2D eigenvalue weighted by atomic mass is 9.33. The van der Waals surface area contributed by atoms with Gasteiger partial charge in [0, 0.05) is 17.9 Å². The molecule has 15 heteroatoms. The highest BCUT2D eigenvalue weighted by molar-refractivity contribution is 5.96. The summed E-state index contributed by atoms with van der Waals surface area (Å²) in [6, 6.07) is -1.71. The number of nitro groups is 1. The number of hydrazine groups is 1. The summed E-state index contributed by atoms with van der Waals surface area (Å²) < 4.78 is 10.7. The van der Waals surface area contributed by atoms with Gasteiger partial charge in [-0.2, -0.15) is 0 Å². The Hall–Kier alpha value is -4.04. The fraction of sp³-hybridized carbons (Fsp3) is 0.805. The number of ether oxygens (including phenoxy) is 2. The Morgan fingerprint density at radius 1 is 1.02 bits per heavy atom. The van der Waals surface area contributed by atoms with Crippen molar-refractivity contribution in [3.05, 3.63) is 21.8 Å². The third kappa shape index (κ3) is 7.09. The van der Waals surface area contributed by atoms with Crippen LogP contribution in [0.25, 0.3) is 0 Å². The van der Waals surface area contributed by atoms with Crippen molar-refractivity contribution in [1.29, 1.82) is 5.41 Å². The summed E-state index contributed by atoms with van der Waals surface area (Å²) in [5.41, 5.74) is 3.20. The molecule has 4 fully saturated rings. The molecule has 5 rings (SSSR count). The molecule has 15 nitrogen and oxygen atoms in total. The van der Waals surface area contributed by atoms with E-state index in [4.69, 9.17) is 15.9 Å². The number of nitrogens with two attached hydrogens (primary N) is 1. The summed E-state index contributed by atoms with van der Waals surface area (Å²) in [7, 11) is 1.28. The number of methoxy groups -OCH3 is 1. The van der Waals surface area contributed by atoms with Gasteiger partial charge in [-0.1, -0.05) is 54.0 Å².